The lowest BCUT2D eigenvalue weighted by atomic mass is 9.99. The highest BCUT2D eigenvalue weighted by atomic mass is 35.5. The van der Waals surface area contributed by atoms with Crippen LogP contribution in [0, 0.1) is 5.82 Å². The minimum absolute atomic E-state index is 0.183. The van der Waals surface area contributed by atoms with Gasteiger partial charge in [0.25, 0.3) is 0 Å². The lowest BCUT2D eigenvalue weighted by Gasteiger charge is -2.12. The van der Waals surface area contributed by atoms with E-state index in [1.807, 2.05) is 0 Å². The van der Waals surface area contributed by atoms with Crippen molar-refractivity contribution >= 4 is 29.2 Å². The molecule has 0 heterocycles. The molecule has 0 bridgehead atoms. The number of carboxylic acids is 1. The van der Waals surface area contributed by atoms with Crippen LogP contribution in [-0.4, -0.2) is 17.7 Å². The Hall–Kier alpha value is -1.78. The fourth-order valence-electron chi connectivity index (χ4n) is 1.93. The second kappa shape index (κ2) is 6.33. The van der Waals surface area contributed by atoms with E-state index in [0.29, 0.717) is 28.5 Å². The first-order chi connectivity index (χ1) is 9.93. The number of hydrogen-bond acceptors (Lipinski definition) is 2. The SMILES string of the molecule is CCOc1cc(Cl)c(-c2ccc(F)cc2C(=O)O)cc1Cl. The molecule has 6 heteroatoms. The van der Waals surface area contributed by atoms with Gasteiger partial charge >= 0.3 is 5.97 Å². The van der Waals surface area contributed by atoms with Crippen LogP contribution in [0.15, 0.2) is 30.3 Å². The van der Waals surface area contributed by atoms with E-state index >= 15 is 0 Å². The summed E-state index contributed by atoms with van der Waals surface area (Å²) in [5, 5.41) is 9.76. The van der Waals surface area contributed by atoms with Gasteiger partial charge < -0.3 is 9.84 Å². The van der Waals surface area contributed by atoms with Crippen LogP contribution in [0.5, 0.6) is 5.75 Å². The van der Waals surface area contributed by atoms with Crippen molar-refractivity contribution in [2.24, 2.45) is 0 Å². The second-order valence-corrected chi connectivity index (χ2v) is 5.00. The van der Waals surface area contributed by atoms with E-state index in [2.05, 4.69) is 0 Å². The molecule has 0 radical (unpaired) electrons. The van der Waals surface area contributed by atoms with Gasteiger partial charge in [-0.1, -0.05) is 29.3 Å². The predicted octanol–water partition coefficient (Wildman–Crippen LogP) is 4.90. The Labute approximate surface area is 130 Å². The number of carbonyl (C=O) groups is 1. The third-order valence-corrected chi connectivity index (χ3v) is 3.43. The van der Waals surface area contributed by atoms with Crippen molar-refractivity contribution in [3.05, 3.63) is 51.8 Å². The van der Waals surface area contributed by atoms with E-state index in [9.17, 15) is 14.3 Å². The topological polar surface area (TPSA) is 46.5 Å². The summed E-state index contributed by atoms with van der Waals surface area (Å²) in [6, 6.07) is 6.49. The molecule has 0 atom stereocenters. The van der Waals surface area contributed by atoms with E-state index in [1.165, 1.54) is 24.3 Å². The molecule has 110 valence electrons. The van der Waals surface area contributed by atoms with Crippen LogP contribution in [0.4, 0.5) is 4.39 Å². The molecule has 0 aliphatic heterocycles. The second-order valence-electron chi connectivity index (χ2n) is 4.19. The van der Waals surface area contributed by atoms with E-state index in [-0.39, 0.29) is 10.6 Å². The highest BCUT2D eigenvalue weighted by Crippen LogP contribution is 2.38. The molecule has 0 aliphatic rings. The fraction of sp³-hybridized carbons (Fsp3) is 0.133. The summed E-state index contributed by atoms with van der Waals surface area (Å²) < 4.78 is 18.5. The van der Waals surface area contributed by atoms with Crippen molar-refractivity contribution in [1.29, 1.82) is 0 Å². The fourth-order valence-corrected chi connectivity index (χ4v) is 2.40. The molecule has 0 unspecified atom stereocenters. The number of halogens is 3. The number of carboxylic acid groups (broad SMARTS) is 1. The first-order valence-corrected chi connectivity index (χ1v) is 6.84. The van der Waals surface area contributed by atoms with Gasteiger partial charge in [0.1, 0.15) is 11.6 Å². The minimum atomic E-state index is -1.24. The van der Waals surface area contributed by atoms with Crippen LogP contribution < -0.4 is 4.74 Å². The van der Waals surface area contributed by atoms with Gasteiger partial charge in [0.2, 0.25) is 0 Å². The van der Waals surface area contributed by atoms with Gasteiger partial charge in [-0.15, -0.1) is 0 Å². The highest BCUT2D eigenvalue weighted by molar-refractivity contribution is 6.36. The third-order valence-electron chi connectivity index (χ3n) is 2.82. The normalized spacial score (nSPS) is 10.5. The van der Waals surface area contributed by atoms with Crippen LogP contribution >= 0.6 is 23.2 Å². The molecule has 3 nitrogen and oxygen atoms in total. The van der Waals surface area contributed by atoms with Crippen molar-refractivity contribution < 1.29 is 19.0 Å². The van der Waals surface area contributed by atoms with Gasteiger partial charge in [-0.25, -0.2) is 9.18 Å². The van der Waals surface area contributed by atoms with Crippen LogP contribution in [0.3, 0.4) is 0 Å². The van der Waals surface area contributed by atoms with E-state index in [1.54, 1.807) is 6.92 Å². The zero-order valence-electron chi connectivity index (χ0n) is 11.0. The molecule has 1 N–H and O–H groups in total. The average molecular weight is 329 g/mol. The van der Waals surface area contributed by atoms with Gasteiger partial charge in [-0.3, -0.25) is 0 Å². The standard InChI is InChI=1S/C15H11Cl2FO3/c1-2-21-14-7-12(16)10(6-13(14)17)9-4-3-8(18)5-11(9)15(19)20/h3-7H,2H2,1H3,(H,19,20). The number of rotatable bonds is 4. The largest absolute Gasteiger partial charge is 0.492 e. The molecular formula is C15H11Cl2FO3. The maximum atomic E-state index is 13.2. The first-order valence-electron chi connectivity index (χ1n) is 6.09. The Morgan fingerprint density at radius 2 is 1.90 bits per heavy atom. The zero-order chi connectivity index (χ0) is 15.6. The number of benzene rings is 2. The molecular weight excluding hydrogens is 318 g/mol. The third kappa shape index (κ3) is 3.28. The van der Waals surface area contributed by atoms with Gasteiger partial charge in [-0.05, 0) is 30.7 Å². The predicted molar refractivity (Wildman–Crippen MR) is 80.0 cm³/mol. The van der Waals surface area contributed by atoms with E-state index in [0.717, 1.165) is 6.07 Å². The Balaban J connectivity index is 2.62. The van der Waals surface area contributed by atoms with Crippen LogP contribution in [-0.2, 0) is 0 Å². The average Bonchev–Trinajstić information content (AvgIpc) is 2.43. The van der Waals surface area contributed by atoms with Crippen molar-refractivity contribution in [3.63, 3.8) is 0 Å². The van der Waals surface area contributed by atoms with Crippen LogP contribution in [0.25, 0.3) is 11.1 Å². The quantitative estimate of drug-likeness (QED) is 0.868. The van der Waals surface area contributed by atoms with Crippen LogP contribution in [0.1, 0.15) is 17.3 Å². The van der Waals surface area contributed by atoms with Gasteiger partial charge in [-0.2, -0.15) is 0 Å². The Morgan fingerprint density at radius 1 is 1.19 bits per heavy atom. The molecule has 0 amide bonds. The molecule has 2 aromatic rings. The molecule has 21 heavy (non-hydrogen) atoms. The van der Waals surface area contributed by atoms with Crippen molar-refractivity contribution in [1.82, 2.24) is 0 Å². The monoisotopic (exact) mass is 328 g/mol. The summed E-state index contributed by atoms with van der Waals surface area (Å²) >= 11 is 12.3. The maximum absolute atomic E-state index is 13.2. The van der Waals surface area contributed by atoms with Crippen molar-refractivity contribution in [3.8, 4) is 16.9 Å². The molecule has 2 rings (SSSR count). The van der Waals surface area contributed by atoms with Gasteiger partial charge in [0, 0.05) is 11.6 Å². The Kier molecular flexibility index (Phi) is 4.70. The molecule has 0 fully saturated rings. The lowest BCUT2D eigenvalue weighted by Crippen LogP contribution is -2.01. The molecule has 0 aromatic heterocycles. The number of ether oxygens (including phenoxy) is 1. The molecule has 0 saturated heterocycles. The summed E-state index contributed by atoms with van der Waals surface area (Å²) in [5.74, 6) is -1.47. The molecule has 0 saturated carbocycles. The summed E-state index contributed by atoms with van der Waals surface area (Å²) in [4.78, 5) is 11.2. The molecule has 0 spiro atoms. The Bertz CT molecular complexity index is 702. The number of hydrogen-bond donors (Lipinski definition) is 1. The summed E-state index contributed by atoms with van der Waals surface area (Å²) in [5.41, 5.74) is 0.512. The molecule has 2 aromatic carbocycles. The lowest BCUT2D eigenvalue weighted by molar-refractivity contribution is 0.0697. The molecule has 0 aliphatic carbocycles. The van der Waals surface area contributed by atoms with Crippen molar-refractivity contribution in [2.75, 3.05) is 6.61 Å². The zero-order valence-corrected chi connectivity index (χ0v) is 12.5. The minimum Gasteiger partial charge on any atom is -0.492 e. The first kappa shape index (κ1) is 15.6. The summed E-state index contributed by atoms with van der Waals surface area (Å²) in [7, 11) is 0. The van der Waals surface area contributed by atoms with Crippen LogP contribution in [0.2, 0.25) is 10.0 Å². The maximum Gasteiger partial charge on any atom is 0.336 e. The smallest absolute Gasteiger partial charge is 0.336 e. The van der Waals surface area contributed by atoms with Crippen molar-refractivity contribution in [2.45, 2.75) is 6.92 Å². The Morgan fingerprint density at radius 3 is 2.52 bits per heavy atom. The van der Waals surface area contributed by atoms with E-state index in [4.69, 9.17) is 27.9 Å². The summed E-state index contributed by atoms with van der Waals surface area (Å²) in [6.45, 7) is 2.23. The highest BCUT2D eigenvalue weighted by Gasteiger charge is 2.17. The van der Waals surface area contributed by atoms with E-state index < -0.39 is 11.8 Å². The van der Waals surface area contributed by atoms with Gasteiger partial charge in [0.15, 0.2) is 0 Å². The van der Waals surface area contributed by atoms with Gasteiger partial charge in [0.05, 0.1) is 22.2 Å². The summed E-state index contributed by atoms with van der Waals surface area (Å²) in [6.07, 6.45) is 0. The number of aromatic carboxylic acids is 1.